The van der Waals surface area contributed by atoms with Crippen molar-refractivity contribution in [2.24, 2.45) is 5.73 Å². The summed E-state index contributed by atoms with van der Waals surface area (Å²) >= 11 is 0. The van der Waals surface area contributed by atoms with Crippen molar-refractivity contribution in [3.05, 3.63) is 95.2 Å². The van der Waals surface area contributed by atoms with Gasteiger partial charge in [0.25, 0.3) is 0 Å². The van der Waals surface area contributed by atoms with Crippen LogP contribution in [0.3, 0.4) is 0 Å². The molecule has 0 bridgehead atoms. The summed E-state index contributed by atoms with van der Waals surface area (Å²) in [5.41, 5.74) is 11.4. The summed E-state index contributed by atoms with van der Waals surface area (Å²) in [6.07, 6.45) is 0.898. The summed E-state index contributed by atoms with van der Waals surface area (Å²) in [5, 5.41) is 12.9. The molecule has 0 unspecified atom stereocenters. The molecule has 5 N–H and O–H groups in total. The van der Waals surface area contributed by atoms with Gasteiger partial charge in [0.2, 0.25) is 5.91 Å². The number of rotatable bonds is 7. The number of fused-ring (bicyclic) bond motifs is 4. The first-order valence-electron chi connectivity index (χ1n) is 11.2. The highest BCUT2D eigenvalue weighted by Gasteiger charge is 2.30. The Morgan fingerprint density at radius 1 is 1.00 bits per heavy atom. The van der Waals surface area contributed by atoms with E-state index in [4.69, 9.17) is 10.5 Å². The standard InChI is InChI=1S/C27H23N3O5/c28-25(31)15-9-10-17-16(13-29-23(17)11-15)12-24(26(32)33)30-27(34)35-14-22-20-7-3-1-5-18(20)19-6-2-4-8-21(19)22/h1-11,13,22,24,29H,12,14H2,(H2,28,31)(H,30,34)(H,32,33)/t24-/m0/s1. The molecule has 8 nitrogen and oxygen atoms in total. The van der Waals surface area contributed by atoms with E-state index in [2.05, 4.69) is 10.3 Å². The van der Waals surface area contributed by atoms with Crippen LogP contribution in [0.2, 0.25) is 0 Å². The number of aromatic nitrogens is 1. The van der Waals surface area contributed by atoms with E-state index in [-0.39, 0.29) is 18.9 Å². The van der Waals surface area contributed by atoms with E-state index in [0.717, 1.165) is 27.6 Å². The molecule has 176 valence electrons. The summed E-state index contributed by atoms with van der Waals surface area (Å²) < 4.78 is 5.50. The van der Waals surface area contributed by atoms with Crippen LogP contribution in [0.1, 0.15) is 33.0 Å². The quantitative estimate of drug-likeness (QED) is 0.327. The van der Waals surface area contributed by atoms with Crippen LogP contribution >= 0.6 is 0 Å². The molecule has 35 heavy (non-hydrogen) atoms. The number of ether oxygens (including phenoxy) is 1. The maximum atomic E-state index is 12.6. The summed E-state index contributed by atoms with van der Waals surface area (Å²) in [6, 6.07) is 19.7. The van der Waals surface area contributed by atoms with Crippen molar-refractivity contribution in [1.82, 2.24) is 10.3 Å². The van der Waals surface area contributed by atoms with Gasteiger partial charge in [-0.2, -0.15) is 0 Å². The van der Waals surface area contributed by atoms with E-state index in [0.29, 0.717) is 16.6 Å². The minimum atomic E-state index is -1.19. The van der Waals surface area contributed by atoms with Gasteiger partial charge >= 0.3 is 12.1 Å². The lowest BCUT2D eigenvalue weighted by atomic mass is 9.98. The minimum Gasteiger partial charge on any atom is -0.480 e. The van der Waals surface area contributed by atoms with E-state index >= 15 is 0 Å². The lowest BCUT2D eigenvalue weighted by Crippen LogP contribution is -2.42. The molecule has 0 saturated carbocycles. The number of carbonyl (C=O) groups is 3. The number of hydrogen-bond donors (Lipinski definition) is 4. The zero-order chi connectivity index (χ0) is 24.5. The van der Waals surface area contributed by atoms with E-state index < -0.39 is 24.0 Å². The van der Waals surface area contributed by atoms with Crippen LogP contribution in [0.15, 0.2) is 72.9 Å². The molecule has 1 aliphatic carbocycles. The first kappa shape index (κ1) is 22.2. The second kappa shape index (κ2) is 8.98. The van der Waals surface area contributed by atoms with Crippen molar-refractivity contribution >= 4 is 28.9 Å². The Bertz CT molecular complexity index is 1410. The molecule has 5 rings (SSSR count). The first-order chi connectivity index (χ1) is 16.9. The number of carbonyl (C=O) groups excluding carboxylic acids is 2. The van der Waals surface area contributed by atoms with Gasteiger partial charge in [-0.3, -0.25) is 4.79 Å². The van der Waals surface area contributed by atoms with Gasteiger partial charge in [-0.15, -0.1) is 0 Å². The number of nitrogens with two attached hydrogens (primary N) is 1. The van der Waals surface area contributed by atoms with Gasteiger partial charge in [0.05, 0.1) is 0 Å². The molecule has 0 spiro atoms. The van der Waals surface area contributed by atoms with Crippen LogP contribution < -0.4 is 11.1 Å². The Balaban J connectivity index is 1.28. The van der Waals surface area contributed by atoms with Crippen molar-refractivity contribution in [1.29, 1.82) is 0 Å². The monoisotopic (exact) mass is 469 g/mol. The van der Waals surface area contributed by atoms with Gasteiger partial charge in [0.15, 0.2) is 0 Å². The Morgan fingerprint density at radius 2 is 1.66 bits per heavy atom. The number of benzene rings is 3. The summed E-state index contributed by atoms with van der Waals surface area (Å²) in [6.45, 7) is 0.0924. The number of aliphatic carboxylic acids is 1. The number of alkyl carbamates (subject to hydrolysis) is 1. The average Bonchev–Trinajstić information content (AvgIpc) is 3.40. The number of H-pyrrole nitrogens is 1. The molecular weight excluding hydrogens is 446 g/mol. The molecule has 1 aromatic heterocycles. The lowest BCUT2D eigenvalue weighted by molar-refractivity contribution is -0.139. The van der Waals surface area contributed by atoms with Crippen molar-refractivity contribution in [3.63, 3.8) is 0 Å². The Morgan fingerprint density at radius 3 is 2.29 bits per heavy atom. The topological polar surface area (TPSA) is 135 Å². The molecule has 0 saturated heterocycles. The smallest absolute Gasteiger partial charge is 0.407 e. The van der Waals surface area contributed by atoms with E-state index in [1.54, 1.807) is 24.4 Å². The normalized spacial score (nSPS) is 13.1. The number of carboxylic acids is 1. The van der Waals surface area contributed by atoms with Gasteiger partial charge in [-0.25, -0.2) is 9.59 Å². The van der Waals surface area contributed by atoms with Crippen LogP contribution in [-0.4, -0.2) is 40.7 Å². The van der Waals surface area contributed by atoms with Gasteiger partial charge in [-0.1, -0.05) is 54.6 Å². The first-order valence-corrected chi connectivity index (χ1v) is 11.2. The predicted molar refractivity (Wildman–Crippen MR) is 130 cm³/mol. The van der Waals surface area contributed by atoms with Crippen molar-refractivity contribution in [2.45, 2.75) is 18.4 Å². The van der Waals surface area contributed by atoms with Crippen molar-refractivity contribution < 1.29 is 24.2 Å². The number of amides is 2. The van der Waals surface area contributed by atoms with Crippen LogP contribution in [0.25, 0.3) is 22.0 Å². The highest BCUT2D eigenvalue weighted by Crippen LogP contribution is 2.44. The Hall–Kier alpha value is -4.59. The molecule has 0 aliphatic heterocycles. The largest absolute Gasteiger partial charge is 0.480 e. The molecule has 3 aromatic carbocycles. The lowest BCUT2D eigenvalue weighted by Gasteiger charge is -2.17. The number of carboxylic acid groups (broad SMARTS) is 1. The second-order valence-corrected chi connectivity index (χ2v) is 8.50. The van der Waals surface area contributed by atoms with Gasteiger partial charge in [0, 0.05) is 35.0 Å². The average molecular weight is 469 g/mol. The number of nitrogens with one attached hydrogen (secondary N) is 2. The third kappa shape index (κ3) is 4.21. The third-order valence-corrected chi connectivity index (χ3v) is 6.41. The van der Waals surface area contributed by atoms with Gasteiger partial charge in [-0.05, 0) is 39.9 Å². The second-order valence-electron chi connectivity index (χ2n) is 8.50. The van der Waals surface area contributed by atoms with E-state index in [9.17, 15) is 19.5 Å². The Kier molecular flexibility index (Phi) is 5.70. The zero-order valence-electron chi connectivity index (χ0n) is 18.7. The minimum absolute atomic E-state index is 0.0371. The fourth-order valence-corrected chi connectivity index (χ4v) is 4.71. The number of primary amides is 1. The third-order valence-electron chi connectivity index (χ3n) is 6.41. The maximum absolute atomic E-state index is 12.6. The molecule has 1 heterocycles. The Labute approximate surface area is 200 Å². The summed E-state index contributed by atoms with van der Waals surface area (Å²) in [4.78, 5) is 38.9. The molecule has 1 atom stereocenters. The van der Waals surface area contributed by atoms with Crippen LogP contribution in [0.5, 0.6) is 0 Å². The molecule has 1 aliphatic rings. The number of aromatic amines is 1. The van der Waals surface area contributed by atoms with Crippen LogP contribution in [-0.2, 0) is 16.0 Å². The highest BCUT2D eigenvalue weighted by molar-refractivity contribution is 5.97. The molecule has 4 aromatic rings. The zero-order valence-corrected chi connectivity index (χ0v) is 18.7. The van der Waals surface area contributed by atoms with Crippen LogP contribution in [0.4, 0.5) is 4.79 Å². The maximum Gasteiger partial charge on any atom is 0.407 e. The molecule has 2 amide bonds. The fraction of sp³-hybridized carbons (Fsp3) is 0.148. The van der Waals surface area contributed by atoms with Gasteiger partial charge < -0.3 is 25.9 Å². The predicted octanol–water partition coefficient (Wildman–Crippen LogP) is 3.80. The number of hydrogen-bond acceptors (Lipinski definition) is 4. The summed E-state index contributed by atoms with van der Waals surface area (Å²) in [5.74, 6) is -1.85. The van der Waals surface area contributed by atoms with Crippen molar-refractivity contribution in [3.8, 4) is 11.1 Å². The molecule has 0 radical (unpaired) electrons. The highest BCUT2D eigenvalue weighted by atomic mass is 16.5. The van der Waals surface area contributed by atoms with E-state index in [1.807, 2.05) is 48.5 Å². The SMILES string of the molecule is NC(=O)c1ccc2c(C[C@H](NC(=O)OCC3c4ccccc4-c4ccccc43)C(=O)O)c[nH]c2c1. The summed E-state index contributed by atoms with van der Waals surface area (Å²) in [7, 11) is 0. The molecule has 0 fully saturated rings. The van der Waals surface area contributed by atoms with E-state index in [1.165, 1.54) is 0 Å². The van der Waals surface area contributed by atoms with Crippen molar-refractivity contribution in [2.75, 3.05) is 6.61 Å². The molecule has 8 heteroatoms. The van der Waals surface area contributed by atoms with Crippen LogP contribution in [0, 0.1) is 0 Å². The van der Waals surface area contributed by atoms with Gasteiger partial charge in [0.1, 0.15) is 12.6 Å². The fourth-order valence-electron chi connectivity index (χ4n) is 4.71. The molecular formula is C27H23N3O5.